The number of rotatable bonds is 7. The van der Waals surface area contributed by atoms with Gasteiger partial charge in [-0.2, -0.15) is 0 Å². The van der Waals surface area contributed by atoms with Gasteiger partial charge in [0.25, 0.3) is 0 Å². The Balaban J connectivity index is 1.60. The molecule has 6 heteroatoms. The molecule has 0 fully saturated rings. The molecule has 0 aliphatic heterocycles. The van der Waals surface area contributed by atoms with Crippen LogP contribution < -0.4 is 10.6 Å². The number of amides is 2. The summed E-state index contributed by atoms with van der Waals surface area (Å²) in [6, 6.07) is 17.9. The molecule has 3 rings (SSSR count). The van der Waals surface area contributed by atoms with Crippen molar-refractivity contribution in [3.05, 3.63) is 71.1 Å². The van der Waals surface area contributed by atoms with E-state index in [-0.39, 0.29) is 23.8 Å². The number of carbonyl (C=O) groups is 2. The van der Waals surface area contributed by atoms with Gasteiger partial charge >= 0.3 is 0 Å². The van der Waals surface area contributed by atoms with Gasteiger partial charge in [-0.1, -0.05) is 61.5 Å². The first-order chi connectivity index (χ1) is 13.9. The maximum atomic E-state index is 12.4. The molecular weight excluding hydrogens is 382 g/mol. The van der Waals surface area contributed by atoms with E-state index in [1.165, 1.54) is 18.3 Å². The quantitative estimate of drug-likeness (QED) is 0.570. The van der Waals surface area contributed by atoms with Crippen molar-refractivity contribution < 1.29 is 9.59 Å². The Morgan fingerprint density at radius 3 is 2.34 bits per heavy atom. The second-order valence-corrected chi connectivity index (χ2v) is 8.00. The Hall–Kier alpha value is -2.99. The molecule has 2 unspecified atom stereocenters. The van der Waals surface area contributed by atoms with E-state index in [1.807, 2.05) is 73.8 Å². The van der Waals surface area contributed by atoms with Gasteiger partial charge in [0.05, 0.1) is 11.7 Å². The molecular formula is C23H25N3O2S. The van der Waals surface area contributed by atoms with Crippen LogP contribution in [0.2, 0.25) is 0 Å². The van der Waals surface area contributed by atoms with E-state index in [9.17, 15) is 9.59 Å². The van der Waals surface area contributed by atoms with Crippen LogP contribution in [0.5, 0.6) is 0 Å². The van der Waals surface area contributed by atoms with E-state index in [4.69, 9.17) is 0 Å². The second kappa shape index (κ2) is 9.47. The topological polar surface area (TPSA) is 71.1 Å². The first kappa shape index (κ1) is 20.7. The zero-order valence-electron chi connectivity index (χ0n) is 16.8. The third-order valence-electron chi connectivity index (χ3n) is 4.74. The smallest absolute Gasteiger partial charge is 0.226 e. The number of hydrogen-bond donors (Lipinski definition) is 2. The van der Waals surface area contributed by atoms with E-state index in [1.54, 1.807) is 0 Å². The van der Waals surface area contributed by atoms with Gasteiger partial charge in [-0.25, -0.2) is 4.98 Å². The third-order valence-corrected chi connectivity index (χ3v) is 5.49. The maximum Gasteiger partial charge on any atom is 0.226 e. The first-order valence-corrected chi connectivity index (χ1v) is 10.5. The van der Waals surface area contributed by atoms with Crippen molar-refractivity contribution in [1.29, 1.82) is 0 Å². The minimum atomic E-state index is -0.0527. The molecule has 1 heterocycles. The lowest BCUT2D eigenvalue weighted by Gasteiger charge is -2.13. The van der Waals surface area contributed by atoms with Gasteiger partial charge in [0.1, 0.15) is 0 Å². The molecule has 5 nitrogen and oxygen atoms in total. The van der Waals surface area contributed by atoms with Crippen molar-refractivity contribution in [2.24, 2.45) is 0 Å². The summed E-state index contributed by atoms with van der Waals surface area (Å²) in [5.41, 5.74) is 3.97. The zero-order valence-corrected chi connectivity index (χ0v) is 17.6. The molecule has 0 aliphatic rings. The second-order valence-electron chi connectivity index (χ2n) is 7.15. The third kappa shape index (κ3) is 5.74. The lowest BCUT2D eigenvalue weighted by Crippen LogP contribution is -2.23. The van der Waals surface area contributed by atoms with Crippen LogP contribution in [0.15, 0.2) is 60.0 Å². The Kier molecular flexibility index (Phi) is 6.77. The summed E-state index contributed by atoms with van der Waals surface area (Å²) in [6.45, 7) is 5.51. The Morgan fingerprint density at radius 1 is 1.00 bits per heavy atom. The van der Waals surface area contributed by atoms with Crippen molar-refractivity contribution in [2.75, 3.05) is 5.32 Å². The highest BCUT2D eigenvalue weighted by Crippen LogP contribution is 2.27. The number of carbonyl (C=O) groups excluding carboxylic acids is 2. The monoisotopic (exact) mass is 407 g/mol. The number of aromatic nitrogens is 1. The van der Waals surface area contributed by atoms with Gasteiger partial charge in [-0.15, -0.1) is 11.3 Å². The average molecular weight is 408 g/mol. The number of hydrogen-bond acceptors (Lipinski definition) is 4. The fourth-order valence-electron chi connectivity index (χ4n) is 3.14. The Labute approximate surface area is 175 Å². The molecule has 150 valence electrons. The molecule has 0 spiro atoms. The van der Waals surface area contributed by atoms with Crippen LogP contribution in [0.3, 0.4) is 0 Å². The fraction of sp³-hybridized carbons (Fsp3) is 0.261. The Bertz CT molecular complexity index is 967. The summed E-state index contributed by atoms with van der Waals surface area (Å²) >= 11 is 1.41. The highest BCUT2D eigenvalue weighted by atomic mass is 32.1. The lowest BCUT2D eigenvalue weighted by atomic mass is 9.98. The summed E-state index contributed by atoms with van der Waals surface area (Å²) in [7, 11) is 0. The van der Waals surface area contributed by atoms with E-state index >= 15 is 0 Å². The largest absolute Gasteiger partial charge is 0.350 e. The average Bonchev–Trinajstić information content (AvgIpc) is 3.16. The summed E-state index contributed by atoms with van der Waals surface area (Å²) in [4.78, 5) is 28.1. The lowest BCUT2D eigenvalue weighted by molar-refractivity contribution is -0.119. The van der Waals surface area contributed by atoms with Gasteiger partial charge in [-0.3, -0.25) is 9.59 Å². The van der Waals surface area contributed by atoms with E-state index in [0.29, 0.717) is 11.6 Å². The predicted molar refractivity (Wildman–Crippen MR) is 118 cm³/mol. The molecule has 0 saturated heterocycles. The first-order valence-electron chi connectivity index (χ1n) is 9.60. The zero-order chi connectivity index (χ0) is 20.8. The molecule has 29 heavy (non-hydrogen) atoms. The number of benzene rings is 2. The van der Waals surface area contributed by atoms with Crippen LogP contribution in [0, 0.1) is 0 Å². The maximum absolute atomic E-state index is 12.4. The van der Waals surface area contributed by atoms with Crippen LogP contribution in [0.1, 0.15) is 50.3 Å². The molecule has 0 radical (unpaired) electrons. The molecule has 0 saturated carbocycles. The van der Waals surface area contributed by atoms with E-state index in [2.05, 4.69) is 15.6 Å². The molecule has 0 aliphatic carbocycles. The van der Waals surface area contributed by atoms with Gasteiger partial charge < -0.3 is 10.6 Å². The summed E-state index contributed by atoms with van der Waals surface area (Å²) in [5, 5.41) is 8.31. The number of anilines is 1. The number of thiazole rings is 1. The van der Waals surface area contributed by atoms with Crippen LogP contribution in [-0.2, 0) is 9.59 Å². The highest BCUT2D eigenvalue weighted by Gasteiger charge is 2.13. The van der Waals surface area contributed by atoms with Crippen LogP contribution in [0.25, 0.3) is 11.3 Å². The molecule has 2 amide bonds. The summed E-state index contributed by atoms with van der Waals surface area (Å²) in [6.07, 6.45) is 0.411. The van der Waals surface area contributed by atoms with Crippen LogP contribution in [0.4, 0.5) is 5.13 Å². The van der Waals surface area contributed by atoms with Crippen LogP contribution >= 0.6 is 11.3 Å². The van der Waals surface area contributed by atoms with Gasteiger partial charge in [0.15, 0.2) is 5.13 Å². The van der Waals surface area contributed by atoms with Gasteiger partial charge in [-0.05, 0) is 24.0 Å². The molecule has 1 aromatic heterocycles. The van der Waals surface area contributed by atoms with Crippen molar-refractivity contribution in [3.63, 3.8) is 0 Å². The molecule has 3 aromatic rings. The molecule has 2 aromatic carbocycles. The predicted octanol–water partition coefficient (Wildman–Crippen LogP) is 5.14. The highest BCUT2D eigenvalue weighted by molar-refractivity contribution is 7.14. The minimum absolute atomic E-state index is 0.0401. The van der Waals surface area contributed by atoms with Crippen LogP contribution in [-0.4, -0.2) is 16.8 Å². The standard InChI is InChI=1S/C23H25N3O2S/c1-15(18-7-5-4-6-8-18)13-22(28)26-23-25-21(14-29-23)20-11-9-19(10-12-20)16(2)24-17(3)27/h4-12,14-16H,13H2,1-3H3,(H,24,27)(H,25,26,28). The van der Waals surface area contributed by atoms with Gasteiger partial charge in [0, 0.05) is 24.3 Å². The Morgan fingerprint density at radius 2 is 1.69 bits per heavy atom. The van der Waals surface area contributed by atoms with Gasteiger partial charge in [0.2, 0.25) is 11.8 Å². The number of nitrogens with one attached hydrogen (secondary N) is 2. The number of nitrogens with zero attached hydrogens (tertiary/aromatic N) is 1. The SMILES string of the molecule is CC(=O)NC(C)c1ccc(-c2csc(NC(=O)CC(C)c3ccccc3)n2)cc1. The van der Waals surface area contributed by atoms with Crippen molar-refractivity contribution in [2.45, 2.75) is 39.2 Å². The van der Waals surface area contributed by atoms with Crippen molar-refractivity contribution >= 4 is 28.3 Å². The van der Waals surface area contributed by atoms with Crippen molar-refractivity contribution in [1.82, 2.24) is 10.3 Å². The molecule has 2 N–H and O–H groups in total. The molecule has 2 atom stereocenters. The van der Waals surface area contributed by atoms with E-state index < -0.39 is 0 Å². The minimum Gasteiger partial charge on any atom is -0.350 e. The summed E-state index contributed by atoms with van der Waals surface area (Å²) < 4.78 is 0. The van der Waals surface area contributed by atoms with Crippen molar-refractivity contribution in [3.8, 4) is 11.3 Å². The van der Waals surface area contributed by atoms with E-state index in [0.717, 1.165) is 22.4 Å². The summed E-state index contributed by atoms with van der Waals surface area (Å²) in [5.74, 6) is 0.0542. The normalized spacial score (nSPS) is 12.8. The molecule has 0 bridgehead atoms. The fourth-order valence-corrected chi connectivity index (χ4v) is 3.88.